The van der Waals surface area contributed by atoms with Gasteiger partial charge in [-0.05, 0) is 38.1 Å². The third kappa shape index (κ3) is 4.02. The highest BCUT2D eigenvalue weighted by Gasteiger charge is 2.35. The lowest BCUT2D eigenvalue weighted by molar-refractivity contribution is -0.141. The highest BCUT2D eigenvalue weighted by atomic mass is 32.2. The van der Waals surface area contributed by atoms with E-state index in [1.807, 2.05) is 0 Å². The van der Waals surface area contributed by atoms with Crippen LogP contribution in [-0.2, 0) is 16.2 Å². The summed E-state index contributed by atoms with van der Waals surface area (Å²) in [7, 11) is -3.89. The maximum Gasteiger partial charge on any atom is 0.435 e. The van der Waals surface area contributed by atoms with Gasteiger partial charge < -0.3 is 4.74 Å². The van der Waals surface area contributed by atoms with E-state index in [9.17, 15) is 21.6 Å². The summed E-state index contributed by atoms with van der Waals surface area (Å²) >= 11 is 0. The monoisotopic (exact) mass is 349 g/mol. The number of benzene rings is 1. The quantitative estimate of drug-likeness (QED) is 0.918. The van der Waals surface area contributed by atoms with Crippen LogP contribution in [0.4, 0.5) is 13.2 Å². The lowest BCUT2D eigenvalue weighted by Gasteiger charge is -2.11. The molecule has 6 nitrogen and oxygen atoms in total. The van der Waals surface area contributed by atoms with Crippen molar-refractivity contribution in [2.45, 2.75) is 31.0 Å². The molecule has 1 heterocycles. The van der Waals surface area contributed by atoms with Crippen molar-refractivity contribution in [3.05, 3.63) is 36.0 Å². The zero-order valence-corrected chi connectivity index (χ0v) is 13.0. The van der Waals surface area contributed by atoms with Gasteiger partial charge in [0.05, 0.1) is 16.7 Å². The van der Waals surface area contributed by atoms with E-state index in [-0.39, 0.29) is 22.6 Å². The van der Waals surface area contributed by atoms with Gasteiger partial charge in [0.15, 0.2) is 5.69 Å². The number of alkyl halides is 3. The van der Waals surface area contributed by atoms with Crippen LogP contribution in [0.5, 0.6) is 5.88 Å². The molecule has 0 radical (unpaired) electrons. The van der Waals surface area contributed by atoms with E-state index >= 15 is 0 Å². The minimum absolute atomic E-state index is 0.101. The third-order valence-corrected chi connectivity index (χ3v) is 3.66. The topological polar surface area (TPSA) is 87.2 Å². The number of aromatic nitrogens is 2. The summed E-state index contributed by atoms with van der Waals surface area (Å²) < 4.78 is 67.2. The number of halogens is 3. The van der Waals surface area contributed by atoms with Gasteiger partial charge in [-0.2, -0.15) is 18.3 Å². The van der Waals surface area contributed by atoms with Crippen LogP contribution in [0, 0.1) is 0 Å². The van der Waals surface area contributed by atoms with E-state index in [4.69, 9.17) is 9.88 Å². The summed E-state index contributed by atoms with van der Waals surface area (Å²) in [6, 6.07) is 5.73. The smallest absolute Gasteiger partial charge is 0.435 e. The Labute approximate surface area is 130 Å². The van der Waals surface area contributed by atoms with E-state index in [2.05, 4.69) is 5.10 Å². The minimum atomic E-state index is -4.62. The van der Waals surface area contributed by atoms with Crippen LogP contribution < -0.4 is 9.88 Å². The molecule has 0 fully saturated rings. The van der Waals surface area contributed by atoms with Crippen LogP contribution in [0.3, 0.4) is 0 Å². The van der Waals surface area contributed by atoms with Crippen LogP contribution in [0.1, 0.15) is 19.5 Å². The molecule has 0 saturated carbocycles. The number of nitrogens with two attached hydrogens (primary N) is 1. The molecule has 0 saturated heterocycles. The molecular formula is C13H14F3N3O3S. The Morgan fingerprint density at radius 1 is 1.22 bits per heavy atom. The van der Waals surface area contributed by atoms with Crippen LogP contribution >= 0.6 is 0 Å². The number of nitrogens with zero attached hydrogens (tertiary/aromatic N) is 2. The second kappa shape index (κ2) is 5.85. The van der Waals surface area contributed by atoms with Crippen LogP contribution in [-0.4, -0.2) is 24.3 Å². The van der Waals surface area contributed by atoms with E-state index in [0.29, 0.717) is 0 Å². The Morgan fingerprint density at radius 2 is 1.78 bits per heavy atom. The SMILES string of the molecule is CC(C)Oc1cc(C(F)(F)F)nn1-c1ccc(S(N)(=O)=O)cc1. The Hall–Kier alpha value is -2.07. The van der Waals surface area contributed by atoms with Gasteiger partial charge in [0.2, 0.25) is 15.9 Å². The molecule has 0 spiro atoms. The lowest BCUT2D eigenvalue weighted by Crippen LogP contribution is -2.13. The van der Waals surface area contributed by atoms with Crippen molar-refractivity contribution in [1.82, 2.24) is 9.78 Å². The molecule has 2 aromatic rings. The molecule has 2 N–H and O–H groups in total. The average molecular weight is 349 g/mol. The predicted octanol–water partition coefficient (Wildman–Crippen LogP) is 2.33. The van der Waals surface area contributed by atoms with Gasteiger partial charge in [-0.3, -0.25) is 0 Å². The standard InChI is InChI=1S/C13H14F3N3O3S/c1-8(2)22-12-7-11(13(14,15)16)18-19(12)9-3-5-10(6-4-9)23(17,20)21/h3-8H,1-2H3,(H2,17,20,21). The summed E-state index contributed by atoms with van der Waals surface area (Å²) in [5, 5.41) is 8.46. The summed E-state index contributed by atoms with van der Waals surface area (Å²) in [4.78, 5) is -0.157. The van der Waals surface area contributed by atoms with Crippen LogP contribution in [0.2, 0.25) is 0 Å². The first-order chi connectivity index (χ1) is 10.5. The molecule has 0 atom stereocenters. The molecule has 0 amide bonds. The van der Waals surface area contributed by atoms with Gasteiger partial charge in [-0.25, -0.2) is 18.2 Å². The minimum Gasteiger partial charge on any atom is -0.475 e. The zero-order chi connectivity index (χ0) is 17.4. The Bertz CT molecular complexity index is 796. The Kier molecular flexibility index (Phi) is 4.40. The predicted molar refractivity (Wildman–Crippen MR) is 75.7 cm³/mol. The number of hydrogen-bond acceptors (Lipinski definition) is 4. The van der Waals surface area contributed by atoms with Gasteiger partial charge >= 0.3 is 6.18 Å². The first-order valence-corrected chi connectivity index (χ1v) is 8.00. The molecule has 23 heavy (non-hydrogen) atoms. The summed E-state index contributed by atoms with van der Waals surface area (Å²) in [5.74, 6) is -0.101. The molecule has 0 unspecified atom stereocenters. The van der Waals surface area contributed by atoms with Gasteiger partial charge in [-0.1, -0.05) is 0 Å². The van der Waals surface area contributed by atoms with Crippen molar-refractivity contribution < 1.29 is 26.3 Å². The normalized spacial score (nSPS) is 12.7. The maximum atomic E-state index is 12.8. The van der Waals surface area contributed by atoms with Crippen molar-refractivity contribution in [1.29, 1.82) is 0 Å². The molecule has 126 valence electrons. The summed E-state index contributed by atoms with van der Waals surface area (Å²) in [6.45, 7) is 3.32. The molecule has 0 aliphatic rings. The van der Waals surface area contributed by atoms with Gasteiger partial charge in [0.1, 0.15) is 0 Å². The maximum absolute atomic E-state index is 12.8. The van der Waals surface area contributed by atoms with Gasteiger partial charge in [0, 0.05) is 6.07 Å². The first-order valence-electron chi connectivity index (χ1n) is 6.45. The average Bonchev–Trinajstić information content (AvgIpc) is 2.81. The highest BCUT2D eigenvalue weighted by Crippen LogP contribution is 2.32. The Balaban J connectivity index is 2.50. The zero-order valence-electron chi connectivity index (χ0n) is 12.2. The number of rotatable bonds is 4. The van der Waals surface area contributed by atoms with Crippen molar-refractivity contribution in [3.63, 3.8) is 0 Å². The van der Waals surface area contributed by atoms with E-state index < -0.39 is 21.9 Å². The van der Waals surface area contributed by atoms with Crippen molar-refractivity contribution >= 4 is 10.0 Å². The van der Waals surface area contributed by atoms with Crippen molar-refractivity contribution in [3.8, 4) is 11.6 Å². The van der Waals surface area contributed by atoms with Crippen LogP contribution in [0.15, 0.2) is 35.2 Å². The fourth-order valence-electron chi connectivity index (χ4n) is 1.79. The number of ether oxygens (including phenoxy) is 1. The number of hydrogen-bond donors (Lipinski definition) is 1. The van der Waals surface area contributed by atoms with Crippen molar-refractivity contribution in [2.75, 3.05) is 0 Å². The molecule has 0 aliphatic heterocycles. The van der Waals surface area contributed by atoms with Gasteiger partial charge in [-0.15, -0.1) is 0 Å². The lowest BCUT2D eigenvalue weighted by atomic mass is 10.3. The molecule has 10 heteroatoms. The second-order valence-electron chi connectivity index (χ2n) is 4.98. The Morgan fingerprint density at radius 3 is 2.22 bits per heavy atom. The molecule has 1 aromatic carbocycles. The van der Waals surface area contributed by atoms with Crippen molar-refractivity contribution in [2.24, 2.45) is 5.14 Å². The van der Waals surface area contributed by atoms with Gasteiger partial charge in [0.25, 0.3) is 0 Å². The largest absolute Gasteiger partial charge is 0.475 e. The fourth-order valence-corrected chi connectivity index (χ4v) is 2.31. The number of sulfonamides is 1. The van der Waals surface area contributed by atoms with E-state index in [1.165, 1.54) is 24.3 Å². The van der Waals surface area contributed by atoms with Crippen LogP contribution in [0.25, 0.3) is 5.69 Å². The third-order valence-electron chi connectivity index (χ3n) is 2.73. The summed E-state index contributed by atoms with van der Waals surface area (Å²) in [5.41, 5.74) is -0.896. The summed E-state index contributed by atoms with van der Waals surface area (Å²) in [6.07, 6.45) is -4.99. The molecular weight excluding hydrogens is 335 g/mol. The highest BCUT2D eigenvalue weighted by molar-refractivity contribution is 7.89. The van der Waals surface area contributed by atoms with E-state index in [1.54, 1.807) is 13.8 Å². The molecule has 1 aromatic heterocycles. The number of primary sulfonamides is 1. The molecule has 0 aliphatic carbocycles. The molecule has 0 bridgehead atoms. The fraction of sp³-hybridized carbons (Fsp3) is 0.308. The van der Waals surface area contributed by atoms with E-state index in [0.717, 1.165) is 10.7 Å². The first kappa shape index (κ1) is 17.3. The molecule has 2 rings (SSSR count). The second-order valence-corrected chi connectivity index (χ2v) is 6.54.